The van der Waals surface area contributed by atoms with Crippen molar-refractivity contribution in [1.82, 2.24) is 15.1 Å². The topological polar surface area (TPSA) is 57.2 Å². The molecule has 2 fully saturated rings. The highest BCUT2D eigenvalue weighted by atomic mass is 19.4. The zero-order chi connectivity index (χ0) is 19.9. The summed E-state index contributed by atoms with van der Waals surface area (Å²) in [6.07, 6.45) is -1.73. The van der Waals surface area contributed by atoms with E-state index in [1.165, 1.54) is 4.90 Å². The Bertz CT molecular complexity index is 513. The number of carbonyl (C=O) groups is 1. The maximum Gasteiger partial charge on any atom is 0.401 e. The van der Waals surface area contributed by atoms with Crippen molar-refractivity contribution in [1.29, 1.82) is 0 Å². The van der Waals surface area contributed by atoms with Gasteiger partial charge in [0.25, 0.3) is 0 Å². The number of rotatable bonds is 6. The van der Waals surface area contributed by atoms with E-state index < -0.39 is 12.7 Å². The molecule has 0 aromatic carbocycles. The molecule has 0 radical (unpaired) electrons. The van der Waals surface area contributed by atoms with Gasteiger partial charge < -0.3 is 15.0 Å². The van der Waals surface area contributed by atoms with Crippen molar-refractivity contribution in [2.45, 2.75) is 39.3 Å². The van der Waals surface area contributed by atoms with Gasteiger partial charge >= 0.3 is 12.1 Å². The second kappa shape index (κ2) is 10.1. The van der Waals surface area contributed by atoms with Crippen molar-refractivity contribution in [3.8, 4) is 0 Å². The molecule has 2 aliphatic heterocycles. The van der Waals surface area contributed by atoms with E-state index in [0.29, 0.717) is 39.3 Å². The first-order valence-corrected chi connectivity index (χ1v) is 9.81. The summed E-state index contributed by atoms with van der Waals surface area (Å²) in [5.41, 5.74) is 0. The smallest absolute Gasteiger partial charge is 0.401 e. The number of halogens is 3. The number of hydrogen-bond donors (Lipinski definition) is 1. The third-order valence-electron chi connectivity index (χ3n) is 4.95. The van der Waals surface area contributed by atoms with Crippen LogP contribution in [0.25, 0.3) is 0 Å². The minimum absolute atomic E-state index is 0.131. The summed E-state index contributed by atoms with van der Waals surface area (Å²) < 4.78 is 42.7. The summed E-state index contributed by atoms with van der Waals surface area (Å²) in [5, 5.41) is 3.25. The molecule has 2 atom stereocenters. The zero-order valence-corrected chi connectivity index (χ0v) is 16.2. The molecule has 2 rings (SSSR count). The van der Waals surface area contributed by atoms with Crippen molar-refractivity contribution < 1.29 is 22.7 Å². The van der Waals surface area contributed by atoms with Crippen LogP contribution in [0.1, 0.15) is 33.1 Å². The molecule has 0 aromatic heterocycles. The van der Waals surface area contributed by atoms with E-state index in [9.17, 15) is 18.0 Å². The number of piperidine rings is 1. The number of likely N-dealkylation sites (tertiary alicyclic amines) is 2. The summed E-state index contributed by atoms with van der Waals surface area (Å²) in [6.45, 7) is 6.76. The van der Waals surface area contributed by atoms with Gasteiger partial charge in [0.1, 0.15) is 0 Å². The van der Waals surface area contributed by atoms with Gasteiger partial charge in [0.2, 0.25) is 0 Å². The lowest BCUT2D eigenvalue weighted by atomic mass is 9.98. The lowest BCUT2D eigenvalue weighted by Crippen LogP contribution is -2.48. The first kappa shape index (κ1) is 21.8. The fourth-order valence-electron chi connectivity index (χ4n) is 3.72. The number of aliphatic imine (C=N–C) groups is 1. The minimum Gasteiger partial charge on any atom is -0.466 e. The van der Waals surface area contributed by atoms with Crippen molar-refractivity contribution in [3.05, 3.63) is 0 Å². The summed E-state index contributed by atoms with van der Waals surface area (Å²) in [6, 6.07) is 0. The molecule has 2 saturated heterocycles. The van der Waals surface area contributed by atoms with E-state index in [2.05, 4.69) is 15.2 Å². The highest BCUT2D eigenvalue weighted by molar-refractivity contribution is 5.81. The van der Waals surface area contributed by atoms with Gasteiger partial charge in [-0.3, -0.25) is 14.7 Å². The molecule has 2 unspecified atom stereocenters. The number of nitrogens with one attached hydrogen (secondary N) is 1. The third kappa shape index (κ3) is 7.20. The van der Waals surface area contributed by atoms with Gasteiger partial charge in [0.05, 0.1) is 19.1 Å². The molecule has 6 nitrogen and oxygen atoms in total. The summed E-state index contributed by atoms with van der Waals surface area (Å²) in [5.74, 6) is 0.542. The minimum atomic E-state index is -4.15. The fraction of sp³-hybridized carbons (Fsp3) is 0.889. The van der Waals surface area contributed by atoms with Crippen LogP contribution < -0.4 is 5.32 Å². The van der Waals surface area contributed by atoms with Crippen molar-refractivity contribution in [2.75, 3.05) is 52.4 Å². The molecular formula is C18H31F3N4O2. The number of nitrogens with zero attached hydrogens (tertiary/aromatic N) is 3. The van der Waals surface area contributed by atoms with Crippen LogP contribution in [-0.2, 0) is 9.53 Å². The molecule has 2 heterocycles. The molecule has 2 aliphatic rings. The van der Waals surface area contributed by atoms with E-state index in [0.717, 1.165) is 31.8 Å². The normalized spacial score (nSPS) is 24.9. The number of hydrogen-bond acceptors (Lipinski definition) is 4. The first-order valence-electron chi connectivity index (χ1n) is 9.81. The first-order chi connectivity index (χ1) is 12.8. The largest absolute Gasteiger partial charge is 0.466 e. The van der Waals surface area contributed by atoms with Crippen LogP contribution in [0.3, 0.4) is 0 Å². The number of ether oxygens (including phenoxy) is 1. The van der Waals surface area contributed by atoms with Crippen LogP contribution in [0.2, 0.25) is 0 Å². The maximum absolute atomic E-state index is 12.5. The van der Waals surface area contributed by atoms with Gasteiger partial charge in [0, 0.05) is 32.7 Å². The van der Waals surface area contributed by atoms with Crippen LogP contribution in [0.5, 0.6) is 0 Å². The lowest BCUT2D eigenvalue weighted by molar-refractivity contribution is -0.149. The van der Waals surface area contributed by atoms with E-state index in [4.69, 9.17) is 4.74 Å². The van der Waals surface area contributed by atoms with E-state index in [1.54, 1.807) is 6.92 Å². The highest BCUT2D eigenvalue weighted by Crippen LogP contribution is 2.23. The molecule has 0 aromatic rings. The highest BCUT2D eigenvalue weighted by Gasteiger charge is 2.34. The lowest BCUT2D eigenvalue weighted by Gasteiger charge is -2.34. The van der Waals surface area contributed by atoms with Crippen molar-refractivity contribution in [2.24, 2.45) is 16.8 Å². The van der Waals surface area contributed by atoms with Crippen molar-refractivity contribution >= 4 is 11.9 Å². The van der Waals surface area contributed by atoms with Crippen LogP contribution >= 0.6 is 0 Å². The Labute approximate surface area is 159 Å². The molecule has 156 valence electrons. The Morgan fingerprint density at radius 3 is 2.67 bits per heavy atom. The number of guanidine groups is 1. The van der Waals surface area contributed by atoms with E-state index in [-0.39, 0.29) is 17.8 Å². The standard InChI is InChI=1S/C18H31F3N4O2/c1-3-22-17(25-8-5-6-15(12-25)16(26)27-4-2)23-10-14-7-9-24(11-14)13-18(19,20)21/h14-15H,3-13H2,1-2H3,(H,22,23). The Hall–Kier alpha value is -1.51. The van der Waals surface area contributed by atoms with Gasteiger partial charge in [-0.05, 0) is 45.6 Å². The number of carbonyl (C=O) groups excluding carboxylic acids is 1. The van der Waals surface area contributed by atoms with Crippen molar-refractivity contribution in [3.63, 3.8) is 0 Å². The van der Waals surface area contributed by atoms with Crippen LogP contribution in [0.4, 0.5) is 13.2 Å². The Morgan fingerprint density at radius 2 is 2.00 bits per heavy atom. The molecule has 0 amide bonds. The second-order valence-electron chi connectivity index (χ2n) is 7.24. The summed E-state index contributed by atoms with van der Waals surface area (Å²) in [7, 11) is 0. The van der Waals surface area contributed by atoms with E-state index >= 15 is 0 Å². The number of esters is 1. The molecular weight excluding hydrogens is 361 g/mol. The predicted octanol–water partition coefficient (Wildman–Crippen LogP) is 2.11. The van der Waals surface area contributed by atoms with E-state index in [1.807, 2.05) is 6.92 Å². The quantitative estimate of drug-likeness (QED) is 0.426. The molecule has 9 heteroatoms. The second-order valence-corrected chi connectivity index (χ2v) is 7.24. The average Bonchev–Trinajstić information content (AvgIpc) is 3.04. The molecule has 1 N–H and O–H groups in total. The van der Waals surface area contributed by atoms with Gasteiger partial charge in [-0.25, -0.2) is 0 Å². The molecule has 27 heavy (non-hydrogen) atoms. The van der Waals surface area contributed by atoms with Crippen LogP contribution in [0, 0.1) is 11.8 Å². The van der Waals surface area contributed by atoms with Gasteiger partial charge in [-0.15, -0.1) is 0 Å². The van der Waals surface area contributed by atoms with Crippen LogP contribution in [-0.4, -0.2) is 80.3 Å². The predicted molar refractivity (Wildman–Crippen MR) is 97.5 cm³/mol. The SMILES string of the molecule is CCNC(=NCC1CCN(CC(F)(F)F)C1)N1CCCC(C(=O)OCC)C1. The Morgan fingerprint density at radius 1 is 1.22 bits per heavy atom. The number of alkyl halides is 3. The molecule has 0 bridgehead atoms. The van der Waals surface area contributed by atoms with Gasteiger partial charge in [-0.2, -0.15) is 13.2 Å². The van der Waals surface area contributed by atoms with Gasteiger partial charge in [-0.1, -0.05) is 0 Å². The Balaban J connectivity index is 1.91. The molecule has 0 aliphatic carbocycles. The monoisotopic (exact) mass is 392 g/mol. The van der Waals surface area contributed by atoms with Gasteiger partial charge in [0.15, 0.2) is 5.96 Å². The summed E-state index contributed by atoms with van der Waals surface area (Å²) >= 11 is 0. The summed E-state index contributed by atoms with van der Waals surface area (Å²) in [4.78, 5) is 20.2. The zero-order valence-electron chi connectivity index (χ0n) is 16.2. The molecule has 0 saturated carbocycles. The van der Waals surface area contributed by atoms with Crippen LogP contribution in [0.15, 0.2) is 4.99 Å². The fourth-order valence-corrected chi connectivity index (χ4v) is 3.72. The Kier molecular flexibility index (Phi) is 8.19. The average molecular weight is 392 g/mol. The third-order valence-corrected chi connectivity index (χ3v) is 4.95. The molecule has 0 spiro atoms. The maximum atomic E-state index is 12.5.